The molecule has 0 saturated carbocycles. The maximum atomic E-state index is 11.4. The summed E-state index contributed by atoms with van der Waals surface area (Å²) in [5.41, 5.74) is 0. The second kappa shape index (κ2) is 11.9. The number of ether oxygens (including phenoxy) is 1. The van der Waals surface area contributed by atoms with Crippen LogP contribution in [0, 0.1) is 0 Å². The summed E-state index contributed by atoms with van der Waals surface area (Å²) in [4.78, 5) is 11.4. The lowest BCUT2D eigenvalue weighted by molar-refractivity contribution is -0.156. The standard InChI is InChI=1S/C14H28O7/c1-2-3-4-5-6-7-12(18)21-9-11(17)14(20)13(19)10(16)8-15/h10-11,13-17,19-20H,2-9H2,1H3/t10-,11+,13+,14+/m0/s1/i1D. The summed E-state index contributed by atoms with van der Waals surface area (Å²) in [6.07, 6.45) is -2.07. The lowest BCUT2D eigenvalue weighted by Crippen LogP contribution is -2.47. The molecule has 0 heterocycles. The van der Waals surface area contributed by atoms with Gasteiger partial charge >= 0.3 is 5.97 Å². The number of hydrogen-bond acceptors (Lipinski definition) is 7. The molecule has 21 heavy (non-hydrogen) atoms. The molecule has 0 unspecified atom stereocenters. The smallest absolute Gasteiger partial charge is 0.305 e. The third-order valence-corrected chi connectivity index (χ3v) is 3.12. The van der Waals surface area contributed by atoms with Crippen molar-refractivity contribution in [3.05, 3.63) is 0 Å². The summed E-state index contributed by atoms with van der Waals surface area (Å²) < 4.78 is 11.8. The van der Waals surface area contributed by atoms with Crippen molar-refractivity contribution in [1.82, 2.24) is 0 Å². The zero-order valence-electron chi connectivity index (χ0n) is 13.2. The molecule has 0 aromatic heterocycles. The normalized spacial score (nSPS) is 17.7. The molecular weight excluding hydrogens is 280 g/mol. The first kappa shape index (κ1) is 18.3. The van der Waals surface area contributed by atoms with Crippen LogP contribution in [0.25, 0.3) is 0 Å². The fraction of sp³-hybridized carbons (Fsp3) is 0.929. The summed E-state index contributed by atoms with van der Waals surface area (Å²) in [5, 5.41) is 46.2. The lowest BCUT2D eigenvalue weighted by atomic mass is 10.0. The van der Waals surface area contributed by atoms with Crippen LogP contribution in [0.4, 0.5) is 0 Å². The van der Waals surface area contributed by atoms with Crippen molar-refractivity contribution in [2.24, 2.45) is 0 Å². The Balaban J connectivity index is 3.80. The van der Waals surface area contributed by atoms with Gasteiger partial charge < -0.3 is 30.3 Å². The maximum Gasteiger partial charge on any atom is 0.305 e. The molecule has 0 aliphatic heterocycles. The van der Waals surface area contributed by atoms with Gasteiger partial charge in [-0.2, -0.15) is 0 Å². The van der Waals surface area contributed by atoms with E-state index in [1.54, 1.807) is 0 Å². The highest BCUT2D eigenvalue weighted by molar-refractivity contribution is 5.69. The van der Waals surface area contributed by atoms with E-state index < -0.39 is 43.6 Å². The number of aliphatic hydroxyl groups excluding tert-OH is 5. The Kier molecular flexibility index (Phi) is 10.4. The van der Waals surface area contributed by atoms with Crippen LogP contribution in [0.5, 0.6) is 0 Å². The molecule has 0 amide bonds. The van der Waals surface area contributed by atoms with Crippen LogP contribution in [-0.4, -0.2) is 69.1 Å². The molecule has 7 nitrogen and oxygen atoms in total. The highest BCUT2D eigenvalue weighted by Gasteiger charge is 2.30. The van der Waals surface area contributed by atoms with E-state index in [1.165, 1.54) is 0 Å². The quantitative estimate of drug-likeness (QED) is 0.239. The van der Waals surface area contributed by atoms with Gasteiger partial charge in [0.15, 0.2) is 0 Å². The second-order valence-electron chi connectivity index (χ2n) is 5.00. The monoisotopic (exact) mass is 309 g/mol. The highest BCUT2D eigenvalue weighted by atomic mass is 16.5. The van der Waals surface area contributed by atoms with Crippen molar-refractivity contribution >= 4 is 5.97 Å². The van der Waals surface area contributed by atoms with Crippen LogP contribution in [-0.2, 0) is 9.53 Å². The molecular formula is C14H28O7. The molecule has 0 spiro atoms. The Hall–Kier alpha value is -0.730. The van der Waals surface area contributed by atoms with E-state index in [2.05, 4.69) is 0 Å². The van der Waals surface area contributed by atoms with Gasteiger partial charge in [0.05, 0.1) is 6.61 Å². The van der Waals surface area contributed by atoms with Gasteiger partial charge in [0.1, 0.15) is 31.0 Å². The Labute approximate surface area is 126 Å². The van der Waals surface area contributed by atoms with Crippen molar-refractivity contribution in [3.8, 4) is 0 Å². The van der Waals surface area contributed by atoms with Crippen molar-refractivity contribution in [2.45, 2.75) is 69.8 Å². The Morgan fingerprint density at radius 1 is 1.05 bits per heavy atom. The third-order valence-electron chi connectivity index (χ3n) is 3.12. The van der Waals surface area contributed by atoms with E-state index in [4.69, 9.17) is 16.3 Å². The van der Waals surface area contributed by atoms with Crippen molar-refractivity contribution < 1.29 is 36.4 Å². The molecule has 0 aliphatic carbocycles. The number of esters is 1. The second-order valence-corrected chi connectivity index (χ2v) is 5.00. The molecule has 0 aliphatic rings. The van der Waals surface area contributed by atoms with E-state index in [-0.39, 0.29) is 6.42 Å². The predicted octanol–water partition coefficient (Wildman–Crippen LogP) is -0.674. The van der Waals surface area contributed by atoms with Crippen LogP contribution < -0.4 is 0 Å². The summed E-state index contributed by atoms with van der Waals surface area (Å²) in [5.74, 6) is -0.510. The summed E-state index contributed by atoms with van der Waals surface area (Å²) in [7, 11) is 0. The largest absolute Gasteiger partial charge is 0.463 e. The van der Waals surface area contributed by atoms with Crippen molar-refractivity contribution in [3.63, 3.8) is 0 Å². The Bertz CT molecular complexity index is 290. The molecule has 0 bridgehead atoms. The van der Waals surface area contributed by atoms with Gasteiger partial charge in [0, 0.05) is 7.79 Å². The molecule has 126 valence electrons. The van der Waals surface area contributed by atoms with Crippen LogP contribution in [0.3, 0.4) is 0 Å². The van der Waals surface area contributed by atoms with E-state index in [0.29, 0.717) is 13.3 Å². The van der Waals surface area contributed by atoms with Gasteiger partial charge in [-0.05, 0) is 6.42 Å². The fourth-order valence-electron chi connectivity index (χ4n) is 1.71. The first-order valence-corrected chi connectivity index (χ1v) is 7.22. The van der Waals surface area contributed by atoms with Crippen LogP contribution in [0.15, 0.2) is 0 Å². The number of carbonyl (C=O) groups excluding carboxylic acids is 1. The van der Waals surface area contributed by atoms with E-state index in [0.717, 1.165) is 25.7 Å². The number of unbranched alkanes of at least 4 members (excludes halogenated alkanes) is 4. The minimum absolute atomic E-state index is 0.200. The van der Waals surface area contributed by atoms with Gasteiger partial charge in [0.2, 0.25) is 0 Å². The minimum Gasteiger partial charge on any atom is -0.463 e. The topological polar surface area (TPSA) is 127 Å². The van der Waals surface area contributed by atoms with Gasteiger partial charge in [-0.25, -0.2) is 0 Å². The molecule has 0 aromatic carbocycles. The average molecular weight is 309 g/mol. The number of aliphatic hydroxyl groups is 5. The molecule has 5 N–H and O–H groups in total. The first-order chi connectivity index (χ1) is 10.4. The number of hydrogen-bond donors (Lipinski definition) is 5. The summed E-state index contributed by atoms with van der Waals surface area (Å²) >= 11 is 0. The minimum atomic E-state index is -1.73. The third kappa shape index (κ3) is 9.00. The van der Waals surface area contributed by atoms with Gasteiger partial charge in [-0.3, -0.25) is 4.79 Å². The molecule has 0 radical (unpaired) electrons. The molecule has 0 saturated heterocycles. The van der Waals surface area contributed by atoms with Gasteiger partial charge in [-0.15, -0.1) is 0 Å². The average Bonchev–Trinajstić information content (AvgIpc) is 2.53. The Morgan fingerprint density at radius 2 is 1.67 bits per heavy atom. The summed E-state index contributed by atoms with van der Waals surface area (Å²) in [6.45, 7) is -0.835. The van der Waals surface area contributed by atoms with Gasteiger partial charge in [0.25, 0.3) is 0 Å². The molecule has 0 fully saturated rings. The zero-order chi connectivity index (χ0) is 17.0. The molecule has 4 atom stereocenters. The Morgan fingerprint density at radius 3 is 2.29 bits per heavy atom. The van der Waals surface area contributed by atoms with Gasteiger partial charge in [-0.1, -0.05) is 32.6 Å². The molecule has 0 rings (SSSR count). The molecule has 0 aromatic rings. The fourth-order valence-corrected chi connectivity index (χ4v) is 1.71. The van der Waals surface area contributed by atoms with Crippen LogP contribution in [0.2, 0.25) is 0 Å². The highest BCUT2D eigenvalue weighted by Crippen LogP contribution is 2.08. The van der Waals surface area contributed by atoms with E-state index in [1.807, 2.05) is 0 Å². The first-order valence-electron chi connectivity index (χ1n) is 7.92. The predicted molar refractivity (Wildman–Crippen MR) is 75.4 cm³/mol. The van der Waals surface area contributed by atoms with E-state index >= 15 is 0 Å². The van der Waals surface area contributed by atoms with Crippen LogP contribution in [0.1, 0.15) is 46.8 Å². The van der Waals surface area contributed by atoms with E-state index in [9.17, 15) is 20.1 Å². The summed E-state index contributed by atoms with van der Waals surface area (Å²) in [6, 6.07) is 0. The van der Waals surface area contributed by atoms with Crippen molar-refractivity contribution in [1.29, 1.82) is 0 Å². The molecule has 7 heteroatoms. The number of rotatable bonds is 12. The number of carbonyl (C=O) groups is 1. The SMILES string of the molecule is [2H]CCCCCCCC(=O)OC[C@@H](O)[C@@H](O)[C@H](O)[C@@H](O)CO. The zero-order valence-corrected chi connectivity index (χ0v) is 12.2. The maximum absolute atomic E-state index is 11.4. The lowest BCUT2D eigenvalue weighted by Gasteiger charge is -2.25. The van der Waals surface area contributed by atoms with Crippen molar-refractivity contribution in [2.75, 3.05) is 13.2 Å². The van der Waals surface area contributed by atoms with Crippen LogP contribution >= 0.6 is 0 Å².